The molecule has 1 fully saturated rings. The Morgan fingerprint density at radius 2 is 1.69 bits per heavy atom. The van der Waals surface area contributed by atoms with E-state index in [0.29, 0.717) is 30.8 Å². The van der Waals surface area contributed by atoms with Gasteiger partial charge < -0.3 is 9.80 Å². The van der Waals surface area contributed by atoms with Crippen molar-refractivity contribution in [1.82, 2.24) is 29.1 Å². The van der Waals surface area contributed by atoms with Crippen molar-refractivity contribution in [3.05, 3.63) is 84.4 Å². The minimum Gasteiger partial charge on any atom is -0.340 e. The molecular formula is C29H34ClN7O2. The molecule has 2 aromatic carbocycles. The number of rotatable bonds is 8. The molecule has 0 bridgehead atoms. The second kappa shape index (κ2) is 12.7. The molecule has 204 valence electrons. The van der Waals surface area contributed by atoms with Crippen LogP contribution in [0.15, 0.2) is 73.2 Å². The van der Waals surface area contributed by atoms with Crippen molar-refractivity contribution < 1.29 is 9.59 Å². The van der Waals surface area contributed by atoms with Crippen LogP contribution in [-0.2, 0) is 18.3 Å². The Hall–Kier alpha value is -3.95. The monoisotopic (exact) mass is 547 g/mol. The number of aryl methyl sites for hydroxylation is 2. The summed E-state index contributed by atoms with van der Waals surface area (Å²) in [6, 6.07) is 17.3. The Labute approximate surface area is 234 Å². The van der Waals surface area contributed by atoms with Crippen molar-refractivity contribution >= 4 is 30.2 Å². The van der Waals surface area contributed by atoms with E-state index in [0.717, 1.165) is 48.7 Å². The summed E-state index contributed by atoms with van der Waals surface area (Å²) in [4.78, 5) is 34.8. The number of nitrogens with one attached hydrogen (secondary N) is 1. The number of anilines is 1. The highest BCUT2D eigenvalue weighted by Crippen LogP contribution is 2.22. The summed E-state index contributed by atoms with van der Waals surface area (Å²) in [6.07, 6.45) is 7.48. The van der Waals surface area contributed by atoms with Gasteiger partial charge in [0.05, 0.1) is 11.9 Å². The summed E-state index contributed by atoms with van der Waals surface area (Å²) in [6.45, 7) is 3.41. The van der Waals surface area contributed by atoms with Crippen molar-refractivity contribution in [2.45, 2.75) is 19.3 Å². The number of benzene rings is 2. The molecule has 9 nitrogen and oxygen atoms in total. The fourth-order valence-corrected chi connectivity index (χ4v) is 4.64. The molecule has 1 aliphatic rings. The van der Waals surface area contributed by atoms with E-state index in [1.807, 2.05) is 77.4 Å². The standard InChI is InChI=1S/C29H33N7O2.ClH/c1-33-14-16-35(17-15-33)27(37)13-7-10-25-21-36(26-11-4-3-5-12-26)29(31-25)32-28(38)23-9-6-8-22(18-23)24-19-30-34(2)20-24;/h3-6,8-9,11-12,18-21H,7,10,13-17H2,1-2H3,(H,31,32,38);1H. The first-order valence-electron chi connectivity index (χ1n) is 13.0. The molecule has 10 heteroatoms. The zero-order chi connectivity index (χ0) is 26.5. The van der Waals surface area contributed by atoms with Gasteiger partial charge in [0.2, 0.25) is 11.9 Å². The van der Waals surface area contributed by atoms with Crippen LogP contribution in [0.1, 0.15) is 28.9 Å². The number of imidazole rings is 1. The van der Waals surface area contributed by atoms with E-state index in [1.54, 1.807) is 16.9 Å². The first-order valence-corrected chi connectivity index (χ1v) is 13.0. The lowest BCUT2D eigenvalue weighted by Gasteiger charge is -2.32. The van der Waals surface area contributed by atoms with E-state index >= 15 is 0 Å². The number of aromatic nitrogens is 4. The van der Waals surface area contributed by atoms with E-state index < -0.39 is 0 Å². The maximum Gasteiger partial charge on any atom is 0.258 e. The molecule has 5 rings (SSSR count). The van der Waals surface area contributed by atoms with Gasteiger partial charge in [0.1, 0.15) is 0 Å². The van der Waals surface area contributed by atoms with Crippen molar-refractivity contribution in [3.63, 3.8) is 0 Å². The van der Waals surface area contributed by atoms with Crippen molar-refractivity contribution in [2.24, 2.45) is 7.05 Å². The second-order valence-corrected chi connectivity index (χ2v) is 9.74. The number of hydrogen-bond donors (Lipinski definition) is 1. The predicted octanol–water partition coefficient (Wildman–Crippen LogP) is 4.04. The number of piperazine rings is 1. The highest BCUT2D eigenvalue weighted by Gasteiger charge is 2.19. The molecule has 2 aromatic heterocycles. The van der Waals surface area contributed by atoms with Gasteiger partial charge in [0, 0.05) is 68.9 Å². The van der Waals surface area contributed by atoms with Gasteiger partial charge in [-0.05, 0) is 49.7 Å². The van der Waals surface area contributed by atoms with Crippen LogP contribution in [0.4, 0.5) is 5.95 Å². The molecule has 2 amide bonds. The Morgan fingerprint density at radius 1 is 0.923 bits per heavy atom. The summed E-state index contributed by atoms with van der Waals surface area (Å²) in [5.41, 5.74) is 4.14. The lowest BCUT2D eigenvalue weighted by atomic mass is 10.1. The number of halogens is 1. The van der Waals surface area contributed by atoms with E-state index in [9.17, 15) is 9.59 Å². The fourth-order valence-electron chi connectivity index (χ4n) is 4.64. The highest BCUT2D eigenvalue weighted by molar-refractivity contribution is 6.04. The molecule has 1 N–H and O–H groups in total. The largest absolute Gasteiger partial charge is 0.340 e. The summed E-state index contributed by atoms with van der Waals surface area (Å²) < 4.78 is 3.62. The average molecular weight is 548 g/mol. The molecule has 0 unspecified atom stereocenters. The van der Waals surface area contributed by atoms with Gasteiger partial charge in [0.15, 0.2) is 0 Å². The van der Waals surface area contributed by atoms with Gasteiger partial charge in [-0.3, -0.25) is 24.2 Å². The van der Waals surface area contributed by atoms with Gasteiger partial charge in [-0.2, -0.15) is 5.10 Å². The van der Waals surface area contributed by atoms with Gasteiger partial charge >= 0.3 is 0 Å². The Kier molecular flexibility index (Phi) is 9.16. The molecule has 0 spiro atoms. The van der Waals surface area contributed by atoms with Crippen molar-refractivity contribution in [1.29, 1.82) is 0 Å². The fraction of sp³-hybridized carbons (Fsp3) is 0.310. The van der Waals surface area contributed by atoms with Crippen LogP contribution >= 0.6 is 12.4 Å². The lowest BCUT2D eigenvalue weighted by Crippen LogP contribution is -2.47. The molecule has 0 aliphatic carbocycles. The zero-order valence-electron chi connectivity index (χ0n) is 22.3. The van der Waals surface area contributed by atoms with Crippen LogP contribution < -0.4 is 5.32 Å². The smallest absolute Gasteiger partial charge is 0.258 e. The van der Waals surface area contributed by atoms with Crippen LogP contribution in [0.2, 0.25) is 0 Å². The normalized spacial score (nSPS) is 13.6. The molecule has 0 atom stereocenters. The molecule has 1 saturated heterocycles. The van der Waals surface area contributed by atoms with Crippen molar-refractivity contribution in [3.8, 4) is 16.8 Å². The molecule has 4 aromatic rings. The van der Waals surface area contributed by atoms with Crippen LogP contribution in [0, 0.1) is 0 Å². The van der Waals surface area contributed by atoms with E-state index in [4.69, 9.17) is 4.98 Å². The van der Waals surface area contributed by atoms with E-state index in [2.05, 4.69) is 22.4 Å². The number of carbonyl (C=O) groups is 2. The third-order valence-corrected chi connectivity index (χ3v) is 6.86. The Bertz CT molecular complexity index is 1410. The minimum atomic E-state index is -0.240. The van der Waals surface area contributed by atoms with Gasteiger partial charge in [0.25, 0.3) is 5.91 Å². The third kappa shape index (κ3) is 6.93. The summed E-state index contributed by atoms with van der Waals surface area (Å²) >= 11 is 0. The molecular weight excluding hydrogens is 514 g/mol. The molecule has 0 radical (unpaired) electrons. The van der Waals surface area contributed by atoms with Crippen LogP contribution in [0.25, 0.3) is 16.8 Å². The number of nitrogens with zero attached hydrogens (tertiary/aromatic N) is 6. The number of carbonyl (C=O) groups excluding carboxylic acids is 2. The molecule has 1 aliphatic heterocycles. The Morgan fingerprint density at radius 3 is 2.41 bits per heavy atom. The lowest BCUT2D eigenvalue weighted by molar-refractivity contribution is -0.132. The molecule has 0 saturated carbocycles. The van der Waals surface area contributed by atoms with Crippen LogP contribution in [0.3, 0.4) is 0 Å². The summed E-state index contributed by atoms with van der Waals surface area (Å²) in [7, 11) is 3.95. The average Bonchev–Trinajstić information content (AvgIpc) is 3.55. The quantitative estimate of drug-likeness (QED) is 0.360. The van der Waals surface area contributed by atoms with Gasteiger partial charge in [-0.15, -0.1) is 12.4 Å². The van der Waals surface area contributed by atoms with E-state index in [-0.39, 0.29) is 24.2 Å². The number of hydrogen-bond acceptors (Lipinski definition) is 5. The predicted molar refractivity (Wildman–Crippen MR) is 154 cm³/mol. The Balaban J connectivity index is 0.00000353. The van der Waals surface area contributed by atoms with Crippen LogP contribution in [-0.4, -0.2) is 74.2 Å². The zero-order valence-corrected chi connectivity index (χ0v) is 23.1. The van der Waals surface area contributed by atoms with Crippen molar-refractivity contribution in [2.75, 3.05) is 38.5 Å². The highest BCUT2D eigenvalue weighted by atomic mass is 35.5. The number of likely N-dealkylation sites (N-methyl/N-ethyl adjacent to an activating group) is 1. The van der Waals surface area contributed by atoms with Gasteiger partial charge in [-0.25, -0.2) is 4.98 Å². The second-order valence-electron chi connectivity index (χ2n) is 9.74. The molecule has 3 heterocycles. The maximum absolute atomic E-state index is 13.3. The third-order valence-electron chi connectivity index (χ3n) is 6.86. The number of para-hydroxylation sites is 1. The molecule has 39 heavy (non-hydrogen) atoms. The minimum absolute atomic E-state index is 0. The van der Waals surface area contributed by atoms with Gasteiger partial charge in [-0.1, -0.05) is 30.3 Å². The first-order chi connectivity index (χ1) is 18.5. The van der Waals surface area contributed by atoms with Crippen LogP contribution in [0.5, 0.6) is 0 Å². The SMILES string of the molecule is CN1CCN(C(=O)CCCc2cn(-c3ccccc3)c(NC(=O)c3cccc(-c4cnn(C)c4)c3)n2)CC1.Cl. The first kappa shape index (κ1) is 28.1. The maximum atomic E-state index is 13.3. The topological polar surface area (TPSA) is 88.3 Å². The van der Waals surface area contributed by atoms with E-state index in [1.165, 1.54) is 0 Å². The summed E-state index contributed by atoms with van der Waals surface area (Å²) in [5.74, 6) is 0.409. The number of amides is 2. The summed E-state index contributed by atoms with van der Waals surface area (Å²) in [5, 5.41) is 7.22.